The van der Waals surface area contributed by atoms with Crippen molar-refractivity contribution in [1.82, 2.24) is 29.5 Å². The number of hydrogen-bond acceptors (Lipinski definition) is 8. The molecule has 0 saturated carbocycles. The van der Waals surface area contributed by atoms with Crippen molar-refractivity contribution in [3.63, 3.8) is 0 Å². The molecule has 0 atom stereocenters. The maximum atomic E-state index is 13.6. The topological polar surface area (TPSA) is 118 Å². The number of alkyl carbamates (subject to hydrolysis) is 1. The van der Waals surface area contributed by atoms with Gasteiger partial charge in [0.25, 0.3) is 5.56 Å². The van der Waals surface area contributed by atoms with Gasteiger partial charge < -0.3 is 20.1 Å². The van der Waals surface area contributed by atoms with Crippen molar-refractivity contribution < 1.29 is 14.6 Å². The number of ether oxygens (including phenoxy) is 1. The van der Waals surface area contributed by atoms with Gasteiger partial charge >= 0.3 is 6.09 Å². The van der Waals surface area contributed by atoms with Crippen molar-refractivity contribution in [2.75, 3.05) is 31.1 Å². The summed E-state index contributed by atoms with van der Waals surface area (Å²) in [6.07, 6.45) is 5.85. The van der Waals surface area contributed by atoms with Gasteiger partial charge in [-0.1, -0.05) is 41.9 Å². The standard InChI is InChI=1S/C36H46ClN7O4/c1-35(2,3)48-34(46)38-21-25-8-10-26(11-9-25)32-30-31(40-41(32)4)33(45)44(24-39-30)23-36(47)14-18-42(19-15-36)22-27-12-13-28(20-29(27)37)43-16-6-5-7-17-43/h8-13,20,24,47H,5-7,14-19,21-23H2,1-4H3,(H,38,46). The molecule has 48 heavy (non-hydrogen) atoms. The number of nitrogens with zero attached hydrogens (tertiary/aromatic N) is 6. The number of carbonyl (C=O) groups is 1. The molecule has 0 radical (unpaired) electrons. The molecule has 0 unspecified atom stereocenters. The second-order valence-electron chi connectivity index (χ2n) is 14.2. The van der Waals surface area contributed by atoms with Crippen molar-refractivity contribution in [2.24, 2.45) is 7.05 Å². The van der Waals surface area contributed by atoms with Crippen LogP contribution >= 0.6 is 11.6 Å². The Morgan fingerprint density at radius 1 is 1.02 bits per heavy atom. The molecule has 0 aliphatic carbocycles. The van der Waals surface area contributed by atoms with E-state index in [1.165, 1.54) is 35.8 Å². The van der Waals surface area contributed by atoms with Crippen LogP contribution in [0.1, 0.15) is 64.0 Å². The lowest BCUT2D eigenvalue weighted by molar-refractivity contribution is -0.0364. The Kier molecular flexibility index (Phi) is 9.83. The maximum absolute atomic E-state index is 13.6. The average molecular weight is 676 g/mol. The first kappa shape index (κ1) is 34.0. The molecule has 0 bridgehead atoms. The van der Waals surface area contributed by atoms with Crippen molar-refractivity contribution in [2.45, 2.75) is 83.7 Å². The highest BCUT2D eigenvalue weighted by atomic mass is 35.5. The smallest absolute Gasteiger partial charge is 0.407 e. The van der Waals surface area contributed by atoms with E-state index in [9.17, 15) is 14.7 Å². The summed E-state index contributed by atoms with van der Waals surface area (Å²) in [4.78, 5) is 35.0. The number of amides is 1. The van der Waals surface area contributed by atoms with E-state index in [4.69, 9.17) is 16.3 Å². The van der Waals surface area contributed by atoms with Crippen LogP contribution in [0.3, 0.4) is 0 Å². The molecule has 256 valence electrons. The summed E-state index contributed by atoms with van der Waals surface area (Å²) < 4.78 is 8.45. The van der Waals surface area contributed by atoms with E-state index in [1.807, 2.05) is 45.0 Å². The Morgan fingerprint density at radius 3 is 2.40 bits per heavy atom. The average Bonchev–Trinajstić information content (AvgIpc) is 3.40. The minimum absolute atomic E-state index is 0.152. The number of aromatic nitrogens is 4. The van der Waals surface area contributed by atoms with E-state index in [1.54, 1.807) is 11.7 Å². The van der Waals surface area contributed by atoms with Crippen LogP contribution in [0.15, 0.2) is 53.6 Å². The molecule has 2 aliphatic heterocycles. The largest absolute Gasteiger partial charge is 0.444 e. The molecule has 6 rings (SSSR count). The summed E-state index contributed by atoms with van der Waals surface area (Å²) >= 11 is 6.72. The minimum atomic E-state index is -1.03. The first-order valence-electron chi connectivity index (χ1n) is 16.8. The normalized spacial score (nSPS) is 17.1. The van der Waals surface area contributed by atoms with Crippen molar-refractivity contribution in [1.29, 1.82) is 0 Å². The van der Waals surface area contributed by atoms with E-state index in [-0.39, 0.29) is 17.6 Å². The van der Waals surface area contributed by atoms with E-state index in [0.29, 0.717) is 38.0 Å². The predicted octanol–water partition coefficient (Wildman–Crippen LogP) is 5.49. The molecule has 2 aromatic carbocycles. The summed E-state index contributed by atoms with van der Waals surface area (Å²) in [6.45, 7) is 10.2. The van der Waals surface area contributed by atoms with Crippen molar-refractivity contribution in [3.8, 4) is 11.3 Å². The molecule has 11 nitrogen and oxygen atoms in total. The van der Waals surface area contributed by atoms with Crippen LogP contribution in [-0.2, 0) is 31.4 Å². The maximum Gasteiger partial charge on any atom is 0.407 e. The number of benzene rings is 2. The molecular formula is C36H46ClN7O4. The summed E-state index contributed by atoms with van der Waals surface area (Å²) in [6, 6.07) is 14.0. The molecule has 2 aliphatic rings. The summed E-state index contributed by atoms with van der Waals surface area (Å²) in [5, 5.41) is 19.6. The highest BCUT2D eigenvalue weighted by Crippen LogP contribution is 2.30. The van der Waals surface area contributed by atoms with E-state index in [0.717, 1.165) is 47.0 Å². The summed E-state index contributed by atoms with van der Waals surface area (Å²) in [5.74, 6) is 0. The highest BCUT2D eigenvalue weighted by Gasteiger charge is 2.34. The molecule has 12 heteroatoms. The third-order valence-corrected chi connectivity index (χ3v) is 9.63. The Balaban J connectivity index is 1.08. The third-order valence-electron chi connectivity index (χ3n) is 9.28. The van der Waals surface area contributed by atoms with Gasteiger partial charge in [-0.2, -0.15) is 5.10 Å². The van der Waals surface area contributed by atoms with Crippen LogP contribution in [-0.4, -0.2) is 72.8 Å². The van der Waals surface area contributed by atoms with E-state index in [2.05, 4.69) is 43.4 Å². The molecule has 4 aromatic rings. The zero-order chi connectivity index (χ0) is 34.1. The van der Waals surface area contributed by atoms with Gasteiger partial charge in [-0.3, -0.25) is 18.9 Å². The minimum Gasteiger partial charge on any atom is -0.444 e. The predicted molar refractivity (Wildman–Crippen MR) is 188 cm³/mol. The van der Waals surface area contributed by atoms with E-state index < -0.39 is 17.3 Å². The second-order valence-corrected chi connectivity index (χ2v) is 14.6. The van der Waals surface area contributed by atoms with Crippen molar-refractivity contribution >= 4 is 34.4 Å². The lowest BCUT2D eigenvalue weighted by Crippen LogP contribution is -2.47. The van der Waals surface area contributed by atoms with Gasteiger partial charge in [-0.15, -0.1) is 0 Å². The van der Waals surface area contributed by atoms with Gasteiger partial charge in [0.2, 0.25) is 0 Å². The lowest BCUT2D eigenvalue weighted by atomic mass is 9.91. The van der Waals surface area contributed by atoms with Crippen LogP contribution in [0.4, 0.5) is 10.5 Å². The van der Waals surface area contributed by atoms with Gasteiger partial charge in [0.1, 0.15) is 11.1 Å². The zero-order valence-corrected chi connectivity index (χ0v) is 29.1. The van der Waals surface area contributed by atoms with Gasteiger partial charge in [0.05, 0.1) is 24.2 Å². The quantitative estimate of drug-likeness (QED) is 0.252. The van der Waals surface area contributed by atoms with Gasteiger partial charge in [0.15, 0.2) is 5.52 Å². The Morgan fingerprint density at radius 2 is 1.73 bits per heavy atom. The fourth-order valence-corrected chi connectivity index (χ4v) is 6.89. The van der Waals surface area contributed by atoms with Gasteiger partial charge in [-0.25, -0.2) is 9.78 Å². The number of aliphatic hydroxyl groups is 1. The SMILES string of the molecule is Cn1nc2c(=O)n(CC3(O)CCN(Cc4ccc(N5CCCCC5)cc4Cl)CC3)cnc2c1-c1ccc(CNC(=O)OC(C)(C)C)cc1. The number of halogens is 1. The van der Waals surface area contributed by atoms with E-state index >= 15 is 0 Å². The zero-order valence-electron chi connectivity index (χ0n) is 28.3. The first-order valence-corrected chi connectivity index (χ1v) is 17.2. The fraction of sp³-hybridized carbons (Fsp3) is 0.500. The number of aryl methyl sites for hydroxylation is 1. The molecule has 2 aromatic heterocycles. The molecule has 4 heterocycles. The number of likely N-dealkylation sites (tertiary alicyclic amines) is 1. The monoisotopic (exact) mass is 675 g/mol. The van der Waals surface area contributed by atoms with Gasteiger partial charge in [0, 0.05) is 62.6 Å². The highest BCUT2D eigenvalue weighted by molar-refractivity contribution is 6.31. The Bertz CT molecular complexity index is 1820. The van der Waals surface area contributed by atoms with Crippen molar-refractivity contribution in [3.05, 3.63) is 75.3 Å². The number of nitrogens with one attached hydrogen (secondary N) is 1. The van der Waals surface area contributed by atoms with Gasteiger partial charge in [-0.05, 0) is 76.1 Å². The first-order chi connectivity index (χ1) is 22.9. The van der Waals surface area contributed by atoms with Crippen LogP contribution in [0.25, 0.3) is 22.3 Å². The number of anilines is 1. The molecule has 2 N–H and O–H groups in total. The summed E-state index contributed by atoms with van der Waals surface area (Å²) in [5.41, 5.74) is 3.63. The fourth-order valence-electron chi connectivity index (χ4n) is 6.66. The number of hydrogen-bond donors (Lipinski definition) is 2. The second kappa shape index (κ2) is 13.9. The molecule has 2 saturated heterocycles. The summed E-state index contributed by atoms with van der Waals surface area (Å²) in [7, 11) is 1.79. The number of fused-ring (bicyclic) bond motifs is 1. The Labute approximate surface area is 286 Å². The number of carbonyl (C=O) groups excluding carboxylic acids is 1. The van der Waals surface area contributed by atoms with Crippen LogP contribution in [0, 0.1) is 0 Å². The van der Waals surface area contributed by atoms with Crippen LogP contribution in [0.5, 0.6) is 0 Å². The molecule has 1 amide bonds. The molecule has 2 fully saturated rings. The number of rotatable bonds is 8. The molecule has 0 spiro atoms. The van der Waals surface area contributed by atoms with Crippen LogP contribution in [0.2, 0.25) is 5.02 Å². The lowest BCUT2D eigenvalue weighted by Gasteiger charge is -2.38. The molecular weight excluding hydrogens is 630 g/mol. The van der Waals surface area contributed by atoms with Crippen LogP contribution < -0.4 is 15.8 Å². The number of piperidine rings is 2. The Hall–Kier alpha value is -3.93. The third kappa shape index (κ3) is 7.85.